The van der Waals surface area contributed by atoms with E-state index in [1.165, 1.54) is 19.3 Å². The Balaban J connectivity index is 1.86. The second-order valence-electron chi connectivity index (χ2n) is 7.67. The highest BCUT2D eigenvalue weighted by Gasteiger charge is 2.18. The number of halogens is 2. The zero-order valence-electron chi connectivity index (χ0n) is 18.7. The van der Waals surface area contributed by atoms with Gasteiger partial charge in [-0.2, -0.15) is 0 Å². The number of ether oxygens (including phenoxy) is 1. The van der Waals surface area contributed by atoms with Crippen molar-refractivity contribution in [3.05, 3.63) is 86.7 Å². The van der Waals surface area contributed by atoms with Crippen molar-refractivity contribution in [2.24, 2.45) is 0 Å². The van der Waals surface area contributed by atoms with Crippen LogP contribution in [0.15, 0.2) is 53.0 Å². The van der Waals surface area contributed by atoms with Gasteiger partial charge >= 0.3 is 5.97 Å². The summed E-state index contributed by atoms with van der Waals surface area (Å²) < 4.78 is 10.6. The summed E-state index contributed by atoms with van der Waals surface area (Å²) >= 11 is 12.3. The highest BCUT2D eigenvalue weighted by atomic mass is 35.5. The Labute approximate surface area is 202 Å². The third-order valence-electron chi connectivity index (χ3n) is 4.91. The molecule has 33 heavy (non-hydrogen) atoms. The molecule has 0 bridgehead atoms. The van der Waals surface area contributed by atoms with Gasteiger partial charge in [0.25, 0.3) is 0 Å². The molecule has 5 nitrogen and oxygen atoms in total. The molecule has 0 saturated carbocycles. The number of benzene rings is 2. The zero-order chi connectivity index (χ0) is 24.1. The fourth-order valence-electron chi connectivity index (χ4n) is 3.15. The molecule has 3 aromatic rings. The molecule has 0 saturated heterocycles. The van der Waals surface area contributed by atoms with E-state index in [1.54, 1.807) is 48.6 Å². The quantitative estimate of drug-likeness (QED) is 0.202. The molecule has 0 N–H and O–H groups in total. The van der Waals surface area contributed by atoms with Crippen LogP contribution >= 0.6 is 23.2 Å². The van der Waals surface area contributed by atoms with E-state index >= 15 is 0 Å². The highest BCUT2D eigenvalue weighted by Crippen LogP contribution is 2.33. The van der Waals surface area contributed by atoms with Gasteiger partial charge in [-0.25, -0.2) is 9.78 Å². The minimum Gasteiger partial charge on any atom is -0.466 e. The number of hydrogen-bond donors (Lipinski definition) is 0. The van der Waals surface area contributed by atoms with Crippen LogP contribution in [0, 0.1) is 6.92 Å². The summed E-state index contributed by atoms with van der Waals surface area (Å²) in [6.45, 7) is 5.84. The molecule has 0 fully saturated rings. The van der Waals surface area contributed by atoms with Crippen LogP contribution in [0.1, 0.15) is 52.7 Å². The lowest BCUT2D eigenvalue weighted by Crippen LogP contribution is -1.97. The summed E-state index contributed by atoms with van der Waals surface area (Å²) in [5, 5.41) is 0.953. The molecule has 0 spiro atoms. The van der Waals surface area contributed by atoms with E-state index in [-0.39, 0.29) is 11.7 Å². The van der Waals surface area contributed by atoms with Gasteiger partial charge in [0.1, 0.15) is 11.5 Å². The molecular weight excluding hydrogens is 461 g/mol. The molecule has 170 valence electrons. The van der Waals surface area contributed by atoms with Crippen molar-refractivity contribution in [1.29, 1.82) is 0 Å². The summed E-state index contributed by atoms with van der Waals surface area (Å²) in [7, 11) is 1.32. The molecule has 1 aromatic heterocycles. The summed E-state index contributed by atoms with van der Waals surface area (Å²) in [5.74, 6) is 0.454. The van der Waals surface area contributed by atoms with E-state index < -0.39 is 5.97 Å². The normalized spacial score (nSPS) is 11.6. The predicted molar refractivity (Wildman–Crippen MR) is 132 cm³/mol. The van der Waals surface area contributed by atoms with Gasteiger partial charge in [-0.3, -0.25) is 4.79 Å². The van der Waals surface area contributed by atoms with Crippen molar-refractivity contribution in [2.45, 2.75) is 26.7 Å². The number of esters is 1. The Hall–Kier alpha value is -3.15. The maximum atomic E-state index is 12.8. The molecule has 3 rings (SSSR count). The third kappa shape index (κ3) is 6.01. The van der Waals surface area contributed by atoms with Crippen LogP contribution in [0.5, 0.6) is 0 Å². The fourth-order valence-corrected chi connectivity index (χ4v) is 3.64. The number of oxazole rings is 1. The van der Waals surface area contributed by atoms with E-state index in [4.69, 9.17) is 27.6 Å². The van der Waals surface area contributed by atoms with Gasteiger partial charge in [-0.15, -0.1) is 0 Å². The highest BCUT2D eigenvalue weighted by molar-refractivity contribution is 6.36. The van der Waals surface area contributed by atoms with Crippen molar-refractivity contribution in [1.82, 2.24) is 4.98 Å². The van der Waals surface area contributed by atoms with Crippen LogP contribution in [0.2, 0.25) is 10.0 Å². The molecule has 0 unspecified atom stereocenters. The first-order valence-corrected chi connectivity index (χ1v) is 11.0. The van der Waals surface area contributed by atoms with Gasteiger partial charge in [0.2, 0.25) is 5.89 Å². The Morgan fingerprint density at radius 2 is 1.82 bits per heavy atom. The van der Waals surface area contributed by atoms with Crippen LogP contribution in [0.3, 0.4) is 0 Å². The van der Waals surface area contributed by atoms with Gasteiger partial charge < -0.3 is 9.15 Å². The third-order valence-corrected chi connectivity index (χ3v) is 5.46. The second kappa shape index (κ2) is 10.6. The number of nitrogens with zero attached hydrogens (tertiary/aromatic N) is 1. The number of hydrogen-bond acceptors (Lipinski definition) is 5. The van der Waals surface area contributed by atoms with E-state index in [0.717, 1.165) is 11.1 Å². The Morgan fingerprint density at radius 1 is 1.06 bits per heavy atom. The first-order valence-electron chi connectivity index (χ1n) is 10.2. The van der Waals surface area contributed by atoms with Crippen molar-refractivity contribution in [3.8, 4) is 11.5 Å². The van der Waals surface area contributed by atoms with Crippen molar-refractivity contribution < 1.29 is 18.7 Å². The lowest BCUT2D eigenvalue weighted by molar-refractivity contribution is -0.134. The number of rotatable bonds is 7. The summed E-state index contributed by atoms with van der Waals surface area (Å²) in [5.41, 5.74) is 3.39. The van der Waals surface area contributed by atoms with Crippen LogP contribution in [0.4, 0.5) is 0 Å². The number of carbonyl (C=O) groups is 2. The minimum atomic E-state index is -0.440. The topological polar surface area (TPSA) is 69.4 Å². The van der Waals surface area contributed by atoms with Crippen LogP contribution in [0.25, 0.3) is 23.6 Å². The molecule has 0 aliphatic carbocycles. The molecule has 0 radical (unpaired) electrons. The Bertz CT molecular complexity index is 1260. The number of aryl methyl sites for hydroxylation is 1. The average molecular weight is 484 g/mol. The zero-order valence-corrected chi connectivity index (χ0v) is 20.2. The second-order valence-corrected chi connectivity index (χ2v) is 8.52. The Kier molecular flexibility index (Phi) is 7.90. The van der Waals surface area contributed by atoms with Crippen LogP contribution in [-0.2, 0) is 9.53 Å². The Morgan fingerprint density at radius 3 is 2.45 bits per heavy atom. The van der Waals surface area contributed by atoms with Crippen molar-refractivity contribution >= 4 is 47.1 Å². The van der Waals surface area contributed by atoms with E-state index in [2.05, 4.69) is 9.72 Å². The van der Waals surface area contributed by atoms with Crippen LogP contribution < -0.4 is 0 Å². The first-order chi connectivity index (χ1) is 15.7. The molecule has 7 heteroatoms. The maximum Gasteiger partial charge on any atom is 0.330 e. The average Bonchev–Trinajstić information content (AvgIpc) is 3.20. The smallest absolute Gasteiger partial charge is 0.330 e. The summed E-state index contributed by atoms with van der Waals surface area (Å²) in [6.07, 6.45) is 6.11. The van der Waals surface area contributed by atoms with E-state index in [0.29, 0.717) is 38.5 Å². The van der Waals surface area contributed by atoms with Crippen molar-refractivity contribution in [2.75, 3.05) is 7.11 Å². The fraction of sp³-hybridized carbons (Fsp3) is 0.192. The lowest BCUT2D eigenvalue weighted by Gasteiger charge is -2.03. The minimum absolute atomic E-state index is 0.0511. The van der Waals surface area contributed by atoms with Crippen molar-refractivity contribution in [3.63, 3.8) is 0 Å². The molecule has 2 aromatic carbocycles. The standard InChI is InChI=1S/C26H23Cl2NO4/c1-15(2)25-22(29-26(33-25)20-9-8-19(27)14-21(20)28)10-11-23(30)18-6-5-17(16(3)13-18)7-12-24(31)32-4/h5-15H,1-4H3/b11-10+,12-7+. The lowest BCUT2D eigenvalue weighted by atomic mass is 10.0. The first kappa shape index (κ1) is 24.5. The molecule has 1 heterocycles. The molecule has 0 atom stereocenters. The number of ketones is 1. The number of methoxy groups -OCH3 is 1. The SMILES string of the molecule is COC(=O)/C=C/c1ccc(C(=O)/C=C/c2nc(-c3ccc(Cl)cc3Cl)oc2C(C)C)cc1C. The monoisotopic (exact) mass is 483 g/mol. The predicted octanol–water partition coefficient (Wildman–Crippen LogP) is 7.16. The number of allylic oxidation sites excluding steroid dienone is 1. The molecule has 0 aliphatic rings. The number of carbonyl (C=O) groups excluding carboxylic acids is 2. The molecule has 0 aliphatic heterocycles. The van der Waals surface area contributed by atoms with Gasteiger partial charge in [0.15, 0.2) is 5.78 Å². The van der Waals surface area contributed by atoms with E-state index in [1.807, 2.05) is 20.8 Å². The van der Waals surface area contributed by atoms with E-state index in [9.17, 15) is 9.59 Å². The van der Waals surface area contributed by atoms with Gasteiger partial charge in [-0.05, 0) is 60.5 Å². The van der Waals surface area contributed by atoms with Gasteiger partial charge in [-0.1, -0.05) is 49.2 Å². The van der Waals surface area contributed by atoms with Gasteiger partial charge in [0, 0.05) is 22.6 Å². The number of aromatic nitrogens is 1. The summed E-state index contributed by atoms with van der Waals surface area (Å²) in [4.78, 5) is 28.6. The van der Waals surface area contributed by atoms with Crippen LogP contribution in [-0.4, -0.2) is 23.8 Å². The molecular formula is C26H23Cl2NO4. The summed E-state index contributed by atoms with van der Waals surface area (Å²) in [6, 6.07) is 10.4. The largest absolute Gasteiger partial charge is 0.466 e. The maximum absolute atomic E-state index is 12.8. The van der Waals surface area contributed by atoms with Gasteiger partial charge in [0.05, 0.1) is 17.7 Å². The molecule has 0 amide bonds.